The number of nitrogens with one attached hydrogen (secondary N) is 1. The highest BCUT2D eigenvalue weighted by molar-refractivity contribution is 5.79. The van der Waals surface area contributed by atoms with Crippen LogP contribution in [0.2, 0.25) is 0 Å². The number of carbonyl (C=O) groups excluding carboxylic acids is 1. The van der Waals surface area contributed by atoms with Gasteiger partial charge in [0.1, 0.15) is 5.82 Å². The molecule has 6 heteroatoms. The van der Waals surface area contributed by atoms with E-state index in [9.17, 15) is 9.59 Å². The number of hydrogen-bond donors (Lipinski definition) is 2. The molecule has 2 aromatic rings. The number of rotatable bonds is 7. The maximum Gasteiger partial charge on any atom is 0.254 e. The number of aromatic amines is 1. The zero-order valence-electron chi connectivity index (χ0n) is 14.2. The molecule has 0 bridgehead atoms. The minimum Gasteiger partial charge on any atom is -0.341 e. The van der Waals surface area contributed by atoms with Gasteiger partial charge in [-0.1, -0.05) is 30.3 Å². The Balaban J connectivity index is 2.07. The van der Waals surface area contributed by atoms with Crippen LogP contribution >= 0.6 is 0 Å². The van der Waals surface area contributed by atoms with Crippen molar-refractivity contribution in [1.82, 2.24) is 14.9 Å². The quantitative estimate of drug-likeness (QED) is 0.792. The van der Waals surface area contributed by atoms with Crippen molar-refractivity contribution in [3.8, 4) is 0 Å². The monoisotopic (exact) mass is 328 g/mol. The van der Waals surface area contributed by atoms with E-state index in [1.54, 1.807) is 18.7 Å². The van der Waals surface area contributed by atoms with Crippen LogP contribution in [0.25, 0.3) is 0 Å². The predicted molar refractivity (Wildman–Crippen MR) is 93.8 cm³/mol. The van der Waals surface area contributed by atoms with Crippen LogP contribution in [-0.4, -0.2) is 40.4 Å². The summed E-state index contributed by atoms with van der Waals surface area (Å²) in [4.78, 5) is 33.3. The number of aryl methyl sites for hydroxylation is 2. The molecule has 24 heavy (non-hydrogen) atoms. The molecule has 0 fully saturated rings. The molecule has 0 aliphatic heterocycles. The first-order chi connectivity index (χ1) is 11.5. The molecule has 0 aliphatic rings. The summed E-state index contributed by atoms with van der Waals surface area (Å²) < 4.78 is 0. The Labute approximate surface area is 141 Å². The molecule has 0 atom stereocenters. The Bertz CT molecular complexity index is 740. The summed E-state index contributed by atoms with van der Waals surface area (Å²) in [5.41, 5.74) is 7.58. The molecule has 0 saturated heterocycles. The van der Waals surface area contributed by atoms with E-state index in [-0.39, 0.29) is 17.9 Å². The number of aromatic nitrogens is 2. The molecule has 0 saturated carbocycles. The largest absolute Gasteiger partial charge is 0.341 e. The van der Waals surface area contributed by atoms with Gasteiger partial charge in [-0.25, -0.2) is 4.98 Å². The molecule has 0 radical (unpaired) electrons. The first-order valence-electron chi connectivity index (χ1n) is 8.09. The normalized spacial score (nSPS) is 10.6. The van der Waals surface area contributed by atoms with Crippen molar-refractivity contribution in [1.29, 1.82) is 0 Å². The lowest BCUT2D eigenvalue weighted by Gasteiger charge is -2.22. The summed E-state index contributed by atoms with van der Waals surface area (Å²) in [5, 5.41) is 0. The van der Waals surface area contributed by atoms with E-state index in [1.165, 1.54) is 5.56 Å². The van der Waals surface area contributed by atoms with Gasteiger partial charge in [-0.15, -0.1) is 0 Å². The number of carbonyl (C=O) groups is 1. The zero-order valence-corrected chi connectivity index (χ0v) is 14.2. The average Bonchev–Trinajstić information content (AvgIpc) is 2.55. The number of benzene rings is 1. The molecule has 128 valence electrons. The fourth-order valence-electron chi connectivity index (χ4n) is 2.65. The lowest BCUT2D eigenvalue weighted by atomic mass is 10.1. The highest BCUT2D eigenvalue weighted by atomic mass is 16.2. The summed E-state index contributed by atoms with van der Waals surface area (Å²) in [5.74, 6) is 0.451. The third-order valence-corrected chi connectivity index (χ3v) is 3.93. The molecular weight excluding hydrogens is 304 g/mol. The van der Waals surface area contributed by atoms with Gasteiger partial charge in [0.05, 0.1) is 6.42 Å². The van der Waals surface area contributed by atoms with Gasteiger partial charge < -0.3 is 15.6 Å². The Morgan fingerprint density at radius 3 is 2.54 bits per heavy atom. The molecule has 1 amide bonds. The van der Waals surface area contributed by atoms with Crippen LogP contribution in [0.4, 0.5) is 0 Å². The van der Waals surface area contributed by atoms with Crippen LogP contribution in [0.15, 0.2) is 35.1 Å². The standard InChI is InChI=1S/C18H24N4O2/c1-13-16(18(24)21-14(2)20-13)12-17(23)22(11-9-19)10-8-15-6-4-3-5-7-15/h3-7H,8-12,19H2,1-2H3,(H,20,21,24). The highest BCUT2D eigenvalue weighted by Crippen LogP contribution is 2.06. The number of H-pyrrole nitrogens is 1. The van der Waals surface area contributed by atoms with Crippen LogP contribution in [-0.2, 0) is 17.6 Å². The van der Waals surface area contributed by atoms with Crippen molar-refractivity contribution < 1.29 is 4.79 Å². The second kappa shape index (κ2) is 8.40. The number of nitrogens with zero attached hydrogens (tertiary/aromatic N) is 2. The fraction of sp³-hybridized carbons (Fsp3) is 0.389. The van der Waals surface area contributed by atoms with Crippen molar-refractivity contribution in [2.24, 2.45) is 5.73 Å². The zero-order chi connectivity index (χ0) is 17.5. The average molecular weight is 328 g/mol. The topological polar surface area (TPSA) is 92.1 Å². The SMILES string of the molecule is Cc1nc(C)c(CC(=O)N(CCN)CCc2ccccc2)c(=O)[nH]1. The van der Waals surface area contributed by atoms with Crippen LogP contribution < -0.4 is 11.3 Å². The van der Waals surface area contributed by atoms with Crippen molar-refractivity contribution in [3.05, 3.63) is 63.3 Å². The summed E-state index contributed by atoms with van der Waals surface area (Å²) in [6.07, 6.45) is 0.803. The van der Waals surface area contributed by atoms with Gasteiger partial charge >= 0.3 is 0 Å². The first-order valence-corrected chi connectivity index (χ1v) is 8.09. The fourth-order valence-corrected chi connectivity index (χ4v) is 2.65. The second-order valence-corrected chi connectivity index (χ2v) is 5.80. The van der Waals surface area contributed by atoms with Gasteiger partial charge in [0.2, 0.25) is 5.91 Å². The lowest BCUT2D eigenvalue weighted by molar-refractivity contribution is -0.130. The van der Waals surface area contributed by atoms with E-state index < -0.39 is 0 Å². The molecular formula is C18H24N4O2. The maximum atomic E-state index is 12.6. The maximum absolute atomic E-state index is 12.6. The minimum atomic E-state index is -0.246. The minimum absolute atomic E-state index is 0.0449. The Kier molecular flexibility index (Phi) is 6.26. The van der Waals surface area contributed by atoms with Crippen LogP contribution in [0.5, 0.6) is 0 Å². The molecule has 1 heterocycles. The van der Waals surface area contributed by atoms with Gasteiger partial charge in [-0.3, -0.25) is 9.59 Å². The Morgan fingerprint density at radius 2 is 1.92 bits per heavy atom. The molecule has 0 unspecified atom stereocenters. The number of amides is 1. The van der Waals surface area contributed by atoms with Gasteiger partial charge in [0.15, 0.2) is 0 Å². The van der Waals surface area contributed by atoms with Crippen molar-refractivity contribution in [3.63, 3.8) is 0 Å². The van der Waals surface area contributed by atoms with Crippen LogP contribution in [0.3, 0.4) is 0 Å². The van der Waals surface area contributed by atoms with E-state index >= 15 is 0 Å². The van der Waals surface area contributed by atoms with E-state index in [4.69, 9.17) is 5.73 Å². The van der Waals surface area contributed by atoms with Gasteiger partial charge in [0, 0.05) is 30.9 Å². The molecule has 2 rings (SSSR count). The van der Waals surface area contributed by atoms with Gasteiger partial charge in [-0.2, -0.15) is 0 Å². The lowest BCUT2D eigenvalue weighted by Crippen LogP contribution is -2.39. The molecule has 6 nitrogen and oxygen atoms in total. The van der Waals surface area contributed by atoms with E-state index in [0.717, 1.165) is 6.42 Å². The van der Waals surface area contributed by atoms with E-state index in [2.05, 4.69) is 9.97 Å². The van der Waals surface area contributed by atoms with Crippen molar-refractivity contribution in [2.75, 3.05) is 19.6 Å². The number of nitrogens with two attached hydrogens (primary N) is 1. The smallest absolute Gasteiger partial charge is 0.254 e. The van der Waals surface area contributed by atoms with Crippen molar-refractivity contribution in [2.45, 2.75) is 26.7 Å². The first kappa shape index (κ1) is 17.9. The highest BCUT2D eigenvalue weighted by Gasteiger charge is 2.17. The van der Waals surface area contributed by atoms with Crippen LogP contribution in [0, 0.1) is 13.8 Å². The summed E-state index contributed by atoms with van der Waals surface area (Å²) in [6.45, 7) is 4.92. The summed E-state index contributed by atoms with van der Waals surface area (Å²) in [6, 6.07) is 9.98. The molecule has 1 aromatic carbocycles. The van der Waals surface area contributed by atoms with Gasteiger partial charge in [-0.05, 0) is 25.8 Å². The molecule has 0 aliphatic carbocycles. The molecule has 1 aromatic heterocycles. The van der Waals surface area contributed by atoms with Crippen LogP contribution in [0.1, 0.15) is 22.6 Å². The second-order valence-electron chi connectivity index (χ2n) is 5.80. The summed E-state index contributed by atoms with van der Waals surface area (Å²) >= 11 is 0. The third kappa shape index (κ3) is 4.76. The van der Waals surface area contributed by atoms with Gasteiger partial charge in [0.25, 0.3) is 5.56 Å². The molecule has 3 N–H and O–H groups in total. The summed E-state index contributed by atoms with van der Waals surface area (Å²) in [7, 11) is 0. The predicted octanol–water partition coefficient (Wildman–Crippen LogP) is 0.959. The van der Waals surface area contributed by atoms with E-state index in [0.29, 0.717) is 36.7 Å². The molecule has 0 spiro atoms. The van der Waals surface area contributed by atoms with E-state index in [1.807, 2.05) is 30.3 Å². The number of hydrogen-bond acceptors (Lipinski definition) is 4. The third-order valence-electron chi connectivity index (χ3n) is 3.93. The Hall–Kier alpha value is -2.47. The Morgan fingerprint density at radius 1 is 1.21 bits per heavy atom. The van der Waals surface area contributed by atoms with Crippen molar-refractivity contribution >= 4 is 5.91 Å².